The minimum Gasteiger partial charge on any atom is -0.372 e. The van der Waals surface area contributed by atoms with E-state index >= 15 is 8.78 Å². The number of pyridine rings is 2. The first-order valence-electron chi connectivity index (χ1n) is 14.2. The molecule has 0 spiro atoms. The Kier molecular flexibility index (Phi) is 8.67. The second-order valence-corrected chi connectivity index (χ2v) is 11.4. The van der Waals surface area contributed by atoms with Gasteiger partial charge in [0.1, 0.15) is 17.3 Å². The molecule has 2 saturated heterocycles. The number of rotatable bonds is 5. The number of hydrogen-bond acceptors (Lipinski definition) is 7. The van der Waals surface area contributed by atoms with E-state index in [0.29, 0.717) is 44.7 Å². The molecule has 2 aromatic heterocycles. The molecule has 0 unspecified atom stereocenters. The summed E-state index contributed by atoms with van der Waals surface area (Å²) in [4.78, 5) is 37.1. The number of benzene rings is 1. The van der Waals surface area contributed by atoms with Gasteiger partial charge in [0.25, 0.3) is 5.91 Å². The zero-order valence-electron chi connectivity index (χ0n) is 24.6. The summed E-state index contributed by atoms with van der Waals surface area (Å²) in [6, 6.07) is 4.44. The third-order valence-electron chi connectivity index (χ3n) is 7.99. The lowest BCUT2D eigenvalue weighted by Gasteiger charge is -2.40. The first kappa shape index (κ1) is 31.4. The number of nitrogens with zero attached hydrogens (tertiary/aromatic N) is 4. The van der Waals surface area contributed by atoms with Gasteiger partial charge in [-0.3, -0.25) is 9.59 Å². The van der Waals surface area contributed by atoms with Crippen molar-refractivity contribution in [1.82, 2.24) is 14.9 Å². The van der Waals surface area contributed by atoms with Gasteiger partial charge in [-0.15, -0.1) is 0 Å². The van der Waals surface area contributed by atoms with Crippen molar-refractivity contribution in [2.24, 2.45) is 0 Å². The molecule has 2 N–H and O–H groups in total. The average Bonchev–Trinajstić information content (AvgIpc) is 2.95. The molecule has 0 aliphatic carbocycles. The smallest absolute Gasteiger partial charge is 0.372 e. The quantitative estimate of drug-likeness (QED) is 0.398. The molecule has 9 nitrogen and oxygen atoms in total. The molecular formula is C30H33F5N6O3. The standard InChI is InChI=1S/C30H33F5N6O3/c1-16-13-40(8-7-39(16)4)23-10-22(31)26(19-5-6-24(36-11-19)41-14-17(2)44-18(3)15-41)27(32)28(23)38-29(43)20-12-37-25(42)9-21(20)30(33,34)35/h5-6,9-12,16-18H,7-8,13-15H2,1-4H3,(H,37,42)(H,38,43)/t16-,17-,18+/m0/s1. The normalized spacial score (nSPS) is 21.4. The Balaban J connectivity index is 1.57. The zero-order valence-corrected chi connectivity index (χ0v) is 24.6. The number of nitrogens with one attached hydrogen (secondary N) is 2. The number of H-pyrrole nitrogens is 1. The molecule has 0 radical (unpaired) electrons. The highest BCUT2D eigenvalue weighted by molar-refractivity contribution is 6.07. The number of morpholine rings is 1. The van der Waals surface area contributed by atoms with E-state index in [-0.39, 0.29) is 35.6 Å². The summed E-state index contributed by atoms with van der Waals surface area (Å²) < 4.78 is 79.1. The van der Waals surface area contributed by atoms with Crippen LogP contribution in [0.1, 0.15) is 36.7 Å². The Bertz CT molecular complexity index is 1590. The second kappa shape index (κ2) is 12.2. The third-order valence-corrected chi connectivity index (χ3v) is 7.99. The maximum absolute atomic E-state index is 16.4. The maximum Gasteiger partial charge on any atom is 0.417 e. The second-order valence-electron chi connectivity index (χ2n) is 11.4. The van der Waals surface area contributed by atoms with Crippen molar-refractivity contribution >= 4 is 23.1 Å². The lowest BCUT2D eigenvalue weighted by molar-refractivity contribution is -0.138. The van der Waals surface area contributed by atoms with E-state index in [1.807, 2.05) is 32.7 Å². The predicted octanol–water partition coefficient (Wildman–Crippen LogP) is 4.74. The van der Waals surface area contributed by atoms with Gasteiger partial charge in [0.2, 0.25) is 5.56 Å². The molecule has 0 bridgehead atoms. The number of ether oxygens (including phenoxy) is 1. The highest BCUT2D eigenvalue weighted by Crippen LogP contribution is 2.40. The number of carbonyl (C=O) groups excluding carboxylic acids is 1. The molecule has 1 amide bonds. The van der Waals surface area contributed by atoms with Gasteiger partial charge in [-0.05, 0) is 40.0 Å². The SMILES string of the molecule is C[C@@H]1CN(c2ccc(-c3c(F)cc(N4CCN(C)[C@@H](C)C4)c(NC(=O)c4c[nH]c(=O)cc4C(F)(F)F)c3F)cn2)C[C@H](C)O1. The molecule has 3 aromatic rings. The predicted molar refractivity (Wildman–Crippen MR) is 156 cm³/mol. The van der Waals surface area contributed by atoms with Crippen molar-refractivity contribution in [2.45, 2.75) is 45.2 Å². The number of likely N-dealkylation sites (N-methyl/N-ethyl adjacent to an activating group) is 1. The average molecular weight is 621 g/mol. The van der Waals surface area contributed by atoms with Crippen molar-refractivity contribution in [2.75, 3.05) is 54.9 Å². The van der Waals surface area contributed by atoms with Gasteiger partial charge in [0.15, 0.2) is 5.82 Å². The van der Waals surface area contributed by atoms with Crippen LogP contribution >= 0.6 is 0 Å². The molecule has 4 heterocycles. The topological polar surface area (TPSA) is 93.8 Å². The van der Waals surface area contributed by atoms with Crippen LogP contribution in [0, 0.1) is 11.6 Å². The van der Waals surface area contributed by atoms with E-state index in [0.717, 1.165) is 6.07 Å². The molecule has 14 heteroatoms. The summed E-state index contributed by atoms with van der Waals surface area (Å²) in [5, 5.41) is 2.26. The molecule has 3 atom stereocenters. The summed E-state index contributed by atoms with van der Waals surface area (Å²) in [7, 11) is 1.90. The first-order valence-corrected chi connectivity index (χ1v) is 14.2. The number of alkyl halides is 3. The summed E-state index contributed by atoms with van der Waals surface area (Å²) in [5.41, 5.74) is -4.38. The molecule has 1 aromatic carbocycles. The lowest BCUT2D eigenvalue weighted by atomic mass is 10.0. The Morgan fingerprint density at radius 2 is 1.75 bits per heavy atom. The summed E-state index contributed by atoms with van der Waals surface area (Å²) in [5.74, 6) is -2.82. The van der Waals surface area contributed by atoms with E-state index in [2.05, 4.69) is 20.2 Å². The molecule has 2 aliphatic rings. The number of aromatic nitrogens is 2. The van der Waals surface area contributed by atoms with E-state index in [1.54, 1.807) is 11.0 Å². The Morgan fingerprint density at radius 3 is 2.36 bits per heavy atom. The maximum atomic E-state index is 16.4. The third kappa shape index (κ3) is 6.41. The van der Waals surface area contributed by atoms with Gasteiger partial charge in [0.05, 0.1) is 34.6 Å². The highest BCUT2D eigenvalue weighted by Gasteiger charge is 2.37. The van der Waals surface area contributed by atoms with Crippen LogP contribution in [0.2, 0.25) is 0 Å². The lowest BCUT2D eigenvalue weighted by Crippen LogP contribution is -2.50. The number of hydrogen-bond donors (Lipinski definition) is 2. The van der Waals surface area contributed by atoms with E-state index in [1.165, 1.54) is 12.3 Å². The minimum atomic E-state index is -5.04. The number of halogens is 5. The van der Waals surface area contributed by atoms with Crippen LogP contribution in [0.5, 0.6) is 0 Å². The van der Waals surface area contributed by atoms with Gasteiger partial charge in [-0.2, -0.15) is 13.2 Å². The molecule has 0 saturated carbocycles. The fraction of sp³-hybridized carbons (Fsp3) is 0.433. The van der Waals surface area contributed by atoms with Crippen molar-refractivity contribution in [1.29, 1.82) is 0 Å². The molecule has 2 fully saturated rings. The minimum absolute atomic E-state index is 0.0171. The number of piperazine rings is 1. The number of carbonyl (C=O) groups is 1. The zero-order chi connectivity index (χ0) is 31.9. The van der Waals surface area contributed by atoms with Crippen LogP contribution in [0.4, 0.5) is 39.1 Å². The summed E-state index contributed by atoms with van der Waals surface area (Å²) >= 11 is 0. The molecule has 236 valence electrons. The van der Waals surface area contributed by atoms with Gasteiger partial charge < -0.3 is 29.7 Å². The van der Waals surface area contributed by atoms with Gasteiger partial charge in [0, 0.05) is 68.9 Å². The van der Waals surface area contributed by atoms with Gasteiger partial charge in [-0.1, -0.05) is 0 Å². The summed E-state index contributed by atoms with van der Waals surface area (Å²) in [6.07, 6.45) is -3.17. The fourth-order valence-electron chi connectivity index (χ4n) is 5.67. The van der Waals surface area contributed by atoms with Crippen molar-refractivity contribution in [3.8, 4) is 11.1 Å². The van der Waals surface area contributed by atoms with Crippen LogP contribution in [0.25, 0.3) is 11.1 Å². The molecule has 44 heavy (non-hydrogen) atoms. The highest BCUT2D eigenvalue weighted by atomic mass is 19.4. The fourth-order valence-corrected chi connectivity index (χ4v) is 5.67. The van der Waals surface area contributed by atoms with Crippen LogP contribution < -0.4 is 20.7 Å². The van der Waals surface area contributed by atoms with Crippen LogP contribution in [-0.4, -0.2) is 78.8 Å². The summed E-state index contributed by atoms with van der Waals surface area (Å²) in [6.45, 7) is 8.19. The molecule has 5 rings (SSSR count). The van der Waals surface area contributed by atoms with E-state index in [9.17, 15) is 22.8 Å². The van der Waals surface area contributed by atoms with E-state index in [4.69, 9.17) is 4.74 Å². The Morgan fingerprint density at radius 1 is 1.05 bits per heavy atom. The van der Waals surface area contributed by atoms with Gasteiger partial charge in [-0.25, -0.2) is 13.8 Å². The van der Waals surface area contributed by atoms with Crippen molar-refractivity contribution < 1.29 is 31.5 Å². The number of aromatic amines is 1. The number of anilines is 3. The monoisotopic (exact) mass is 620 g/mol. The largest absolute Gasteiger partial charge is 0.417 e. The van der Waals surface area contributed by atoms with Gasteiger partial charge >= 0.3 is 6.18 Å². The Labute approximate surface area is 250 Å². The molecular weight excluding hydrogens is 587 g/mol. The van der Waals surface area contributed by atoms with Crippen LogP contribution in [0.15, 0.2) is 41.5 Å². The van der Waals surface area contributed by atoms with Crippen molar-refractivity contribution in [3.63, 3.8) is 0 Å². The molecule has 2 aliphatic heterocycles. The Hall–Kier alpha value is -4.04. The van der Waals surface area contributed by atoms with Crippen LogP contribution in [0.3, 0.4) is 0 Å². The first-order chi connectivity index (χ1) is 20.7. The van der Waals surface area contributed by atoms with E-state index < -0.39 is 51.7 Å². The van der Waals surface area contributed by atoms with Crippen LogP contribution in [-0.2, 0) is 10.9 Å². The number of amides is 1. The van der Waals surface area contributed by atoms with Crippen molar-refractivity contribution in [3.05, 3.63) is 69.8 Å².